The lowest BCUT2D eigenvalue weighted by Gasteiger charge is -2.29. The van der Waals surface area contributed by atoms with Gasteiger partial charge in [0.05, 0.1) is 17.2 Å². The molecule has 5 rings (SSSR count). The molecule has 0 amide bonds. The van der Waals surface area contributed by atoms with E-state index < -0.39 is 0 Å². The van der Waals surface area contributed by atoms with Crippen molar-refractivity contribution >= 4 is 22.2 Å². The normalized spacial score (nSPS) is 16.1. The Morgan fingerprint density at radius 1 is 1.07 bits per heavy atom. The molecular weight excluding hydrogens is 371 g/mol. The predicted octanol–water partition coefficient (Wildman–Crippen LogP) is 3.95. The molecular formula is C21H23FN6O. The minimum atomic E-state index is -0.317. The van der Waals surface area contributed by atoms with Crippen LogP contribution in [0.25, 0.3) is 28.1 Å². The minimum Gasteiger partial charge on any atom is -0.381 e. The van der Waals surface area contributed by atoms with Crippen LogP contribution in [0.1, 0.15) is 45.5 Å². The molecule has 8 heteroatoms. The number of halogens is 1. The second kappa shape index (κ2) is 6.59. The van der Waals surface area contributed by atoms with Crippen molar-refractivity contribution in [3.05, 3.63) is 42.4 Å². The number of benzene rings is 1. The Hall–Kier alpha value is -2.87. The minimum absolute atomic E-state index is 0.135. The maximum atomic E-state index is 13.8. The molecule has 0 aliphatic carbocycles. The van der Waals surface area contributed by atoms with E-state index in [4.69, 9.17) is 14.7 Å². The van der Waals surface area contributed by atoms with E-state index in [-0.39, 0.29) is 17.3 Å². The van der Waals surface area contributed by atoms with Crippen LogP contribution in [0.15, 0.2) is 30.7 Å². The highest BCUT2D eigenvalue weighted by Gasteiger charge is 2.29. The SMILES string of the molecule is CC(C)(C)c1nc2cnc(-n3cnc4ccc(F)cc43)nc2n1C1CCOCC1. The highest BCUT2D eigenvalue weighted by Crippen LogP contribution is 2.33. The lowest BCUT2D eigenvalue weighted by molar-refractivity contribution is 0.0690. The topological polar surface area (TPSA) is 70.7 Å². The van der Waals surface area contributed by atoms with Gasteiger partial charge < -0.3 is 9.30 Å². The smallest absolute Gasteiger partial charge is 0.237 e. The fourth-order valence-corrected chi connectivity index (χ4v) is 3.96. The molecule has 1 aliphatic heterocycles. The Balaban J connectivity index is 1.72. The number of hydrogen-bond acceptors (Lipinski definition) is 5. The van der Waals surface area contributed by atoms with E-state index in [1.54, 1.807) is 23.2 Å². The van der Waals surface area contributed by atoms with Crippen molar-refractivity contribution in [1.82, 2.24) is 29.1 Å². The average molecular weight is 394 g/mol. The fraction of sp³-hybridized carbons (Fsp3) is 0.429. The summed E-state index contributed by atoms with van der Waals surface area (Å²) in [4.78, 5) is 18.6. The van der Waals surface area contributed by atoms with Crippen molar-refractivity contribution in [1.29, 1.82) is 0 Å². The number of aromatic nitrogens is 6. The molecule has 3 aromatic heterocycles. The zero-order valence-corrected chi connectivity index (χ0v) is 16.8. The Morgan fingerprint density at radius 2 is 1.86 bits per heavy atom. The average Bonchev–Trinajstić information content (AvgIpc) is 3.29. The van der Waals surface area contributed by atoms with Crippen LogP contribution in [0, 0.1) is 5.82 Å². The molecule has 0 N–H and O–H groups in total. The molecule has 0 atom stereocenters. The second-order valence-corrected chi connectivity index (χ2v) is 8.53. The number of nitrogens with zero attached hydrogens (tertiary/aromatic N) is 6. The molecule has 0 saturated carbocycles. The molecule has 1 fully saturated rings. The van der Waals surface area contributed by atoms with Gasteiger partial charge in [-0.25, -0.2) is 19.3 Å². The summed E-state index contributed by atoms with van der Waals surface area (Å²) in [6, 6.07) is 4.79. The molecule has 150 valence electrons. The molecule has 4 heterocycles. The number of hydrogen-bond donors (Lipinski definition) is 0. The van der Waals surface area contributed by atoms with Crippen molar-refractivity contribution in [2.24, 2.45) is 0 Å². The standard InChI is InChI=1S/C21H23FN6O/c1-21(2,3)19-25-16-11-23-20(26-18(16)28(19)14-6-8-29-9-7-14)27-12-24-15-5-4-13(22)10-17(15)27/h4-5,10-12,14H,6-9H2,1-3H3. The zero-order chi connectivity index (χ0) is 20.2. The van der Waals surface area contributed by atoms with Gasteiger partial charge in [-0.15, -0.1) is 0 Å². The van der Waals surface area contributed by atoms with Gasteiger partial charge in [0, 0.05) is 30.7 Å². The van der Waals surface area contributed by atoms with Gasteiger partial charge in [-0.1, -0.05) is 20.8 Å². The van der Waals surface area contributed by atoms with Gasteiger partial charge in [0.2, 0.25) is 5.95 Å². The first-order valence-electron chi connectivity index (χ1n) is 9.88. The summed E-state index contributed by atoms with van der Waals surface area (Å²) in [6.07, 6.45) is 5.22. The summed E-state index contributed by atoms with van der Waals surface area (Å²) in [7, 11) is 0. The van der Waals surface area contributed by atoms with Crippen LogP contribution in [-0.4, -0.2) is 42.3 Å². The maximum Gasteiger partial charge on any atom is 0.237 e. The van der Waals surface area contributed by atoms with Gasteiger partial charge in [0.1, 0.15) is 23.5 Å². The molecule has 1 aromatic carbocycles. The number of rotatable bonds is 2. The van der Waals surface area contributed by atoms with E-state index in [1.807, 2.05) is 0 Å². The van der Waals surface area contributed by atoms with Gasteiger partial charge >= 0.3 is 0 Å². The molecule has 0 unspecified atom stereocenters. The molecule has 0 bridgehead atoms. The first-order chi connectivity index (χ1) is 13.9. The molecule has 1 aliphatic rings. The lowest BCUT2D eigenvalue weighted by Crippen LogP contribution is -2.26. The van der Waals surface area contributed by atoms with Gasteiger partial charge in [0.15, 0.2) is 5.65 Å². The lowest BCUT2D eigenvalue weighted by atomic mass is 9.94. The Labute approximate surface area is 167 Å². The quantitative estimate of drug-likeness (QED) is 0.515. The monoisotopic (exact) mass is 394 g/mol. The number of fused-ring (bicyclic) bond motifs is 2. The Bertz CT molecular complexity index is 1200. The molecule has 4 aromatic rings. The van der Waals surface area contributed by atoms with Crippen molar-refractivity contribution in [3.63, 3.8) is 0 Å². The van der Waals surface area contributed by atoms with E-state index in [2.05, 4.69) is 35.3 Å². The van der Waals surface area contributed by atoms with Crippen LogP contribution in [0.3, 0.4) is 0 Å². The van der Waals surface area contributed by atoms with Crippen LogP contribution < -0.4 is 0 Å². The maximum absolute atomic E-state index is 13.8. The molecule has 29 heavy (non-hydrogen) atoms. The van der Waals surface area contributed by atoms with Crippen molar-refractivity contribution in [2.75, 3.05) is 13.2 Å². The molecule has 0 spiro atoms. The highest BCUT2D eigenvalue weighted by atomic mass is 19.1. The fourth-order valence-electron chi connectivity index (χ4n) is 3.96. The Morgan fingerprint density at radius 3 is 2.62 bits per heavy atom. The van der Waals surface area contributed by atoms with E-state index in [1.165, 1.54) is 12.1 Å². The third kappa shape index (κ3) is 3.07. The van der Waals surface area contributed by atoms with Crippen molar-refractivity contribution in [2.45, 2.75) is 45.1 Å². The first-order valence-corrected chi connectivity index (χ1v) is 9.88. The predicted molar refractivity (Wildman–Crippen MR) is 108 cm³/mol. The number of imidazole rings is 2. The zero-order valence-electron chi connectivity index (χ0n) is 16.8. The van der Waals surface area contributed by atoms with E-state index in [9.17, 15) is 4.39 Å². The third-order valence-corrected chi connectivity index (χ3v) is 5.37. The van der Waals surface area contributed by atoms with Crippen molar-refractivity contribution < 1.29 is 9.13 Å². The van der Waals surface area contributed by atoms with E-state index in [0.29, 0.717) is 17.0 Å². The van der Waals surface area contributed by atoms with Crippen LogP contribution in [0.2, 0.25) is 0 Å². The molecule has 0 radical (unpaired) electrons. The van der Waals surface area contributed by atoms with Crippen LogP contribution in [0.5, 0.6) is 0 Å². The van der Waals surface area contributed by atoms with Crippen LogP contribution >= 0.6 is 0 Å². The first kappa shape index (κ1) is 18.2. The second-order valence-electron chi connectivity index (χ2n) is 8.53. The summed E-state index contributed by atoms with van der Waals surface area (Å²) in [5.41, 5.74) is 2.76. The molecule has 1 saturated heterocycles. The van der Waals surface area contributed by atoms with E-state index >= 15 is 0 Å². The highest BCUT2D eigenvalue weighted by molar-refractivity contribution is 5.77. The van der Waals surface area contributed by atoms with Gasteiger partial charge in [-0.2, -0.15) is 4.98 Å². The largest absolute Gasteiger partial charge is 0.381 e. The summed E-state index contributed by atoms with van der Waals surface area (Å²) in [6.45, 7) is 7.94. The van der Waals surface area contributed by atoms with Crippen LogP contribution in [0.4, 0.5) is 4.39 Å². The number of ether oxygens (including phenoxy) is 1. The van der Waals surface area contributed by atoms with Gasteiger partial charge in [0.25, 0.3) is 0 Å². The summed E-state index contributed by atoms with van der Waals surface area (Å²) in [5, 5.41) is 0. The Kier molecular flexibility index (Phi) is 4.13. The summed E-state index contributed by atoms with van der Waals surface area (Å²) >= 11 is 0. The van der Waals surface area contributed by atoms with Gasteiger partial charge in [-0.3, -0.25) is 4.57 Å². The van der Waals surface area contributed by atoms with E-state index in [0.717, 1.165) is 43.0 Å². The third-order valence-electron chi connectivity index (χ3n) is 5.37. The summed E-state index contributed by atoms with van der Waals surface area (Å²) < 4.78 is 23.3. The van der Waals surface area contributed by atoms with Gasteiger partial charge in [-0.05, 0) is 25.0 Å². The summed E-state index contributed by atoms with van der Waals surface area (Å²) in [5.74, 6) is 1.13. The van der Waals surface area contributed by atoms with Crippen molar-refractivity contribution in [3.8, 4) is 5.95 Å². The van der Waals surface area contributed by atoms with Crippen LogP contribution in [-0.2, 0) is 10.2 Å². The molecule has 7 nitrogen and oxygen atoms in total.